The molecule has 0 spiro atoms. The summed E-state index contributed by atoms with van der Waals surface area (Å²) in [6, 6.07) is 3.32. The quantitative estimate of drug-likeness (QED) is 0.838. The lowest BCUT2D eigenvalue weighted by atomic mass is 10.0. The zero-order chi connectivity index (χ0) is 12.1. The lowest BCUT2D eigenvalue weighted by molar-refractivity contribution is 0.194. The summed E-state index contributed by atoms with van der Waals surface area (Å²) < 4.78 is 23.0. The lowest BCUT2D eigenvalue weighted by Gasteiger charge is -2.14. The standard InChI is InChI=1S/C12H17FO3/c1-8(14)4-9-5-11(15-2)12(16-3)6-10(9)7-13/h5-6,8,14H,4,7H2,1-3H3. The van der Waals surface area contributed by atoms with Crippen LogP contribution >= 0.6 is 0 Å². The van der Waals surface area contributed by atoms with E-state index in [-0.39, 0.29) is 0 Å². The molecule has 0 radical (unpaired) electrons. The van der Waals surface area contributed by atoms with E-state index in [4.69, 9.17) is 9.47 Å². The van der Waals surface area contributed by atoms with Crippen molar-refractivity contribution in [2.75, 3.05) is 14.2 Å². The van der Waals surface area contributed by atoms with Gasteiger partial charge in [-0.1, -0.05) is 0 Å². The van der Waals surface area contributed by atoms with Crippen molar-refractivity contribution >= 4 is 0 Å². The van der Waals surface area contributed by atoms with Crippen molar-refractivity contribution in [1.82, 2.24) is 0 Å². The summed E-state index contributed by atoms with van der Waals surface area (Å²) in [5.41, 5.74) is 1.27. The monoisotopic (exact) mass is 228 g/mol. The van der Waals surface area contributed by atoms with E-state index in [9.17, 15) is 9.50 Å². The van der Waals surface area contributed by atoms with Gasteiger partial charge >= 0.3 is 0 Å². The summed E-state index contributed by atoms with van der Waals surface area (Å²) in [5, 5.41) is 9.32. The molecule has 0 fully saturated rings. The normalized spacial score (nSPS) is 12.3. The van der Waals surface area contributed by atoms with Crippen LogP contribution in [-0.4, -0.2) is 25.4 Å². The highest BCUT2D eigenvalue weighted by Gasteiger charge is 2.12. The molecule has 1 N–H and O–H groups in total. The first kappa shape index (κ1) is 12.8. The van der Waals surface area contributed by atoms with Crippen LogP contribution < -0.4 is 9.47 Å². The van der Waals surface area contributed by atoms with Crippen LogP contribution in [0, 0.1) is 0 Å². The van der Waals surface area contributed by atoms with E-state index in [1.807, 2.05) is 0 Å². The van der Waals surface area contributed by atoms with E-state index >= 15 is 0 Å². The molecule has 1 rings (SSSR count). The molecule has 0 heterocycles. The van der Waals surface area contributed by atoms with Gasteiger partial charge in [-0.25, -0.2) is 4.39 Å². The van der Waals surface area contributed by atoms with E-state index in [1.165, 1.54) is 14.2 Å². The van der Waals surface area contributed by atoms with Crippen molar-refractivity contribution in [1.29, 1.82) is 0 Å². The highest BCUT2D eigenvalue weighted by Crippen LogP contribution is 2.31. The van der Waals surface area contributed by atoms with Crippen LogP contribution in [0.3, 0.4) is 0 Å². The molecular weight excluding hydrogens is 211 g/mol. The predicted octanol–water partition coefficient (Wildman–Crippen LogP) is 2.10. The second kappa shape index (κ2) is 5.70. The van der Waals surface area contributed by atoms with Crippen LogP contribution in [0.2, 0.25) is 0 Å². The fourth-order valence-electron chi connectivity index (χ4n) is 1.60. The zero-order valence-corrected chi connectivity index (χ0v) is 9.79. The first-order chi connectivity index (χ1) is 7.62. The molecule has 0 aromatic heterocycles. The van der Waals surface area contributed by atoms with E-state index < -0.39 is 12.8 Å². The highest BCUT2D eigenvalue weighted by molar-refractivity contribution is 5.47. The fraction of sp³-hybridized carbons (Fsp3) is 0.500. The third-order valence-corrected chi connectivity index (χ3v) is 2.37. The molecular formula is C12H17FO3. The van der Waals surface area contributed by atoms with E-state index in [0.29, 0.717) is 23.5 Å². The average molecular weight is 228 g/mol. The number of halogens is 1. The Hall–Kier alpha value is -1.29. The lowest BCUT2D eigenvalue weighted by Crippen LogP contribution is -2.07. The minimum absolute atomic E-state index is 0.402. The first-order valence-corrected chi connectivity index (χ1v) is 5.10. The van der Waals surface area contributed by atoms with Gasteiger partial charge in [0.05, 0.1) is 20.3 Å². The molecule has 4 heteroatoms. The van der Waals surface area contributed by atoms with Gasteiger partial charge in [0.1, 0.15) is 6.67 Å². The second-order valence-electron chi connectivity index (χ2n) is 3.66. The van der Waals surface area contributed by atoms with Gasteiger partial charge in [0.15, 0.2) is 11.5 Å². The number of alkyl halides is 1. The van der Waals surface area contributed by atoms with Crippen LogP contribution in [0.5, 0.6) is 11.5 Å². The van der Waals surface area contributed by atoms with Crippen LogP contribution in [0.25, 0.3) is 0 Å². The summed E-state index contributed by atoms with van der Waals surface area (Å²) >= 11 is 0. The molecule has 0 aliphatic rings. The number of benzene rings is 1. The summed E-state index contributed by atoms with van der Waals surface area (Å²) in [6.07, 6.45) is -0.108. The fourth-order valence-corrected chi connectivity index (χ4v) is 1.60. The van der Waals surface area contributed by atoms with Gasteiger partial charge in [0, 0.05) is 0 Å². The van der Waals surface area contributed by atoms with Crippen molar-refractivity contribution in [2.45, 2.75) is 26.1 Å². The Labute approximate surface area is 94.8 Å². The molecule has 0 saturated carbocycles. The van der Waals surface area contributed by atoms with Gasteiger partial charge in [-0.05, 0) is 36.6 Å². The molecule has 16 heavy (non-hydrogen) atoms. The van der Waals surface area contributed by atoms with E-state index in [1.54, 1.807) is 19.1 Å². The minimum Gasteiger partial charge on any atom is -0.493 e. The van der Waals surface area contributed by atoms with Crippen molar-refractivity contribution in [3.63, 3.8) is 0 Å². The molecule has 0 aliphatic carbocycles. The number of aliphatic hydroxyl groups is 1. The Morgan fingerprint density at radius 3 is 2.06 bits per heavy atom. The minimum atomic E-state index is -0.581. The number of rotatable bonds is 5. The van der Waals surface area contributed by atoms with E-state index in [2.05, 4.69) is 0 Å². The van der Waals surface area contributed by atoms with Crippen molar-refractivity contribution in [2.24, 2.45) is 0 Å². The molecule has 1 atom stereocenters. The smallest absolute Gasteiger partial charge is 0.161 e. The third-order valence-electron chi connectivity index (χ3n) is 2.37. The molecule has 0 bridgehead atoms. The van der Waals surface area contributed by atoms with Gasteiger partial charge in [-0.15, -0.1) is 0 Å². The molecule has 0 aliphatic heterocycles. The zero-order valence-electron chi connectivity index (χ0n) is 9.79. The molecule has 1 unspecified atom stereocenters. The Bertz CT molecular complexity index is 350. The van der Waals surface area contributed by atoms with Crippen molar-refractivity contribution in [3.8, 4) is 11.5 Å². The third kappa shape index (κ3) is 2.85. The second-order valence-corrected chi connectivity index (χ2v) is 3.66. The van der Waals surface area contributed by atoms with Gasteiger partial charge in [-0.3, -0.25) is 0 Å². The maximum absolute atomic E-state index is 12.8. The molecule has 0 amide bonds. The predicted molar refractivity (Wildman–Crippen MR) is 59.7 cm³/mol. The Morgan fingerprint density at radius 1 is 1.19 bits per heavy atom. The summed E-state index contributed by atoms with van der Waals surface area (Å²) in [4.78, 5) is 0. The van der Waals surface area contributed by atoms with Gasteiger partial charge in [0.2, 0.25) is 0 Å². The van der Waals surface area contributed by atoms with Crippen LogP contribution in [0.4, 0.5) is 4.39 Å². The van der Waals surface area contributed by atoms with Gasteiger partial charge < -0.3 is 14.6 Å². The van der Waals surface area contributed by atoms with E-state index in [0.717, 1.165) is 5.56 Å². The highest BCUT2D eigenvalue weighted by atomic mass is 19.1. The number of ether oxygens (including phenoxy) is 2. The number of methoxy groups -OCH3 is 2. The van der Waals surface area contributed by atoms with Gasteiger partial charge in [-0.2, -0.15) is 0 Å². The summed E-state index contributed by atoms with van der Waals surface area (Å²) in [6.45, 7) is 1.08. The Kier molecular flexibility index (Phi) is 4.55. The van der Waals surface area contributed by atoms with Crippen LogP contribution in [-0.2, 0) is 13.1 Å². The molecule has 90 valence electrons. The van der Waals surface area contributed by atoms with Crippen LogP contribution in [0.15, 0.2) is 12.1 Å². The van der Waals surface area contributed by atoms with Crippen molar-refractivity contribution < 1.29 is 19.0 Å². The van der Waals surface area contributed by atoms with Gasteiger partial charge in [0.25, 0.3) is 0 Å². The number of hydrogen-bond acceptors (Lipinski definition) is 3. The molecule has 1 aromatic rings. The number of hydrogen-bond donors (Lipinski definition) is 1. The molecule has 3 nitrogen and oxygen atoms in total. The maximum atomic E-state index is 12.8. The topological polar surface area (TPSA) is 38.7 Å². The Balaban J connectivity index is 3.15. The summed E-state index contributed by atoms with van der Waals surface area (Å²) in [5.74, 6) is 1.06. The van der Waals surface area contributed by atoms with Crippen LogP contribution in [0.1, 0.15) is 18.1 Å². The SMILES string of the molecule is COc1cc(CF)c(CC(C)O)cc1OC. The number of aliphatic hydroxyl groups excluding tert-OH is 1. The largest absolute Gasteiger partial charge is 0.493 e. The molecule has 1 aromatic carbocycles. The molecule has 0 saturated heterocycles. The average Bonchev–Trinajstić information content (AvgIpc) is 2.27. The Morgan fingerprint density at radius 2 is 1.69 bits per heavy atom. The van der Waals surface area contributed by atoms with Crippen molar-refractivity contribution in [3.05, 3.63) is 23.3 Å². The summed E-state index contributed by atoms with van der Waals surface area (Å²) in [7, 11) is 3.04. The maximum Gasteiger partial charge on any atom is 0.161 e. The first-order valence-electron chi connectivity index (χ1n) is 5.10.